The number of sulfone groups is 1. The molecule has 0 saturated carbocycles. The molecule has 1 atom stereocenters. The van der Waals surface area contributed by atoms with E-state index >= 15 is 0 Å². The number of carbonyl (C=O) groups is 1. The summed E-state index contributed by atoms with van der Waals surface area (Å²) in [4.78, 5) is 13.7. The van der Waals surface area contributed by atoms with Crippen molar-refractivity contribution in [2.45, 2.75) is 18.2 Å². The topological polar surface area (TPSA) is 54.5 Å². The molecule has 0 spiro atoms. The van der Waals surface area contributed by atoms with Gasteiger partial charge < -0.3 is 4.90 Å². The Balaban J connectivity index is 1.86. The van der Waals surface area contributed by atoms with Gasteiger partial charge in [0.25, 0.3) is 0 Å². The normalized spacial score (nSPS) is 20.0. The molecule has 2 rings (SSSR count). The smallest absolute Gasteiger partial charge is 0.232 e. The average Bonchev–Trinajstić information content (AvgIpc) is 2.80. The van der Waals surface area contributed by atoms with Crippen molar-refractivity contribution in [3.63, 3.8) is 0 Å². The molecule has 8 heteroatoms. The van der Waals surface area contributed by atoms with Gasteiger partial charge in [-0.15, -0.1) is 11.8 Å². The van der Waals surface area contributed by atoms with Crippen molar-refractivity contribution in [1.82, 2.24) is 4.90 Å². The van der Waals surface area contributed by atoms with E-state index in [0.717, 1.165) is 5.56 Å². The maximum absolute atomic E-state index is 12.1. The fraction of sp³-hybridized carbons (Fsp3) is 0.500. The van der Waals surface area contributed by atoms with Crippen molar-refractivity contribution < 1.29 is 13.2 Å². The molecule has 0 aliphatic carbocycles. The van der Waals surface area contributed by atoms with Crippen LogP contribution in [0.15, 0.2) is 18.2 Å². The monoisotopic (exact) mass is 381 g/mol. The number of nitrogens with zero attached hydrogens (tertiary/aromatic N) is 1. The van der Waals surface area contributed by atoms with Crippen LogP contribution in [0.5, 0.6) is 0 Å². The fourth-order valence-electron chi connectivity index (χ4n) is 2.21. The van der Waals surface area contributed by atoms with Crippen LogP contribution in [-0.4, -0.2) is 48.8 Å². The molecule has 1 unspecified atom stereocenters. The molecule has 1 aromatic rings. The Morgan fingerprint density at radius 2 is 2.14 bits per heavy atom. The lowest BCUT2D eigenvalue weighted by Crippen LogP contribution is -2.28. The molecule has 1 fully saturated rings. The van der Waals surface area contributed by atoms with Gasteiger partial charge in [0, 0.05) is 18.8 Å². The summed E-state index contributed by atoms with van der Waals surface area (Å²) in [5, 5.41) is 0.945. The molecular weight excluding hydrogens is 365 g/mol. The maximum atomic E-state index is 12.1. The van der Waals surface area contributed by atoms with Crippen LogP contribution in [-0.2, 0) is 21.2 Å². The molecule has 4 nitrogen and oxygen atoms in total. The highest BCUT2D eigenvalue weighted by Crippen LogP contribution is 2.27. The first-order valence-corrected chi connectivity index (χ1v) is 10.4. The van der Waals surface area contributed by atoms with Gasteiger partial charge in [0.05, 0.1) is 27.3 Å². The molecule has 22 heavy (non-hydrogen) atoms. The molecule has 122 valence electrons. The number of carbonyl (C=O) groups excluding carboxylic acids is 1. The van der Waals surface area contributed by atoms with Crippen LogP contribution in [0.25, 0.3) is 0 Å². The number of hydrogen-bond donors (Lipinski definition) is 0. The van der Waals surface area contributed by atoms with Gasteiger partial charge in [0.15, 0.2) is 9.84 Å². The summed E-state index contributed by atoms with van der Waals surface area (Å²) in [5.41, 5.74) is 0.790. The minimum absolute atomic E-state index is 0.0251. The third kappa shape index (κ3) is 4.78. The molecular formula is C14H17Cl2NO3S2. The van der Waals surface area contributed by atoms with E-state index in [1.807, 2.05) is 6.07 Å². The second-order valence-electron chi connectivity index (χ2n) is 5.30. The van der Waals surface area contributed by atoms with E-state index in [1.165, 1.54) is 11.8 Å². The summed E-state index contributed by atoms with van der Waals surface area (Å²) >= 11 is 13.5. The van der Waals surface area contributed by atoms with Crippen LogP contribution < -0.4 is 0 Å². The van der Waals surface area contributed by atoms with Crippen LogP contribution >= 0.6 is 35.0 Å². The van der Waals surface area contributed by atoms with Crippen molar-refractivity contribution in [3.8, 4) is 0 Å². The van der Waals surface area contributed by atoms with E-state index < -0.39 is 9.84 Å². The number of benzene rings is 1. The largest absolute Gasteiger partial charge is 0.341 e. The first kappa shape index (κ1) is 17.9. The first-order chi connectivity index (χ1) is 10.3. The molecule has 1 aliphatic heterocycles. The van der Waals surface area contributed by atoms with Gasteiger partial charge in [-0.1, -0.05) is 35.3 Å². The average molecular weight is 382 g/mol. The van der Waals surface area contributed by atoms with E-state index in [0.29, 0.717) is 23.0 Å². The standard InChI is InChI=1S/C14H17Cl2NO3S2/c1-17(7-10-3-2-4-12(15)14(10)16)13(18)8-21-11-5-6-22(19,20)9-11/h2-4,11H,5-9H2,1H3. The van der Waals surface area contributed by atoms with E-state index in [9.17, 15) is 13.2 Å². The van der Waals surface area contributed by atoms with Gasteiger partial charge in [-0.3, -0.25) is 4.79 Å². The van der Waals surface area contributed by atoms with Crippen molar-refractivity contribution in [3.05, 3.63) is 33.8 Å². The molecule has 0 radical (unpaired) electrons. The van der Waals surface area contributed by atoms with Crippen LogP contribution in [0.1, 0.15) is 12.0 Å². The van der Waals surface area contributed by atoms with Gasteiger partial charge in [0.2, 0.25) is 5.91 Å². The molecule has 0 bridgehead atoms. The third-order valence-corrected chi connectivity index (χ3v) is 7.62. The van der Waals surface area contributed by atoms with E-state index in [1.54, 1.807) is 24.1 Å². The number of halogens is 2. The minimum atomic E-state index is -2.90. The number of hydrogen-bond acceptors (Lipinski definition) is 4. The highest BCUT2D eigenvalue weighted by atomic mass is 35.5. The van der Waals surface area contributed by atoms with Crippen molar-refractivity contribution in [2.75, 3.05) is 24.3 Å². The van der Waals surface area contributed by atoms with Crippen molar-refractivity contribution in [2.24, 2.45) is 0 Å². The zero-order valence-electron chi connectivity index (χ0n) is 12.1. The quantitative estimate of drug-likeness (QED) is 0.786. The Morgan fingerprint density at radius 3 is 2.77 bits per heavy atom. The predicted molar refractivity (Wildman–Crippen MR) is 92.5 cm³/mol. The molecule has 1 heterocycles. The summed E-state index contributed by atoms with van der Waals surface area (Å²) in [7, 11) is -1.20. The van der Waals surface area contributed by atoms with E-state index in [-0.39, 0.29) is 28.4 Å². The number of thioether (sulfide) groups is 1. The zero-order valence-corrected chi connectivity index (χ0v) is 15.2. The summed E-state index contributed by atoms with van der Waals surface area (Å²) in [5.74, 6) is 0.626. The lowest BCUT2D eigenvalue weighted by molar-refractivity contribution is -0.127. The molecule has 1 saturated heterocycles. The zero-order chi connectivity index (χ0) is 16.3. The second kappa shape index (κ2) is 7.43. The molecule has 1 aromatic carbocycles. The summed E-state index contributed by atoms with van der Waals surface area (Å²) in [6.45, 7) is 0.377. The molecule has 1 aliphatic rings. The summed E-state index contributed by atoms with van der Waals surface area (Å²) < 4.78 is 22.8. The minimum Gasteiger partial charge on any atom is -0.341 e. The lowest BCUT2D eigenvalue weighted by Gasteiger charge is -2.19. The van der Waals surface area contributed by atoms with E-state index in [4.69, 9.17) is 23.2 Å². The van der Waals surface area contributed by atoms with Crippen LogP contribution in [0, 0.1) is 0 Å². The highest BCUT2D eigenvalue weighted by molar-refractivity contribution is 8.02. The van der Waals surface area contributed by atoms with E-state index in [2.05, 4.69) is 0 Å². The highest BCUT2D eigenvalue weighted by Gasteiger charge is 2.28. The number of amides is 1. The molecule has 0 N–H and O–H groups in total. The first-order valence-electron chi connectivity index (χ1n) is 6.77. The van der Waals surface area contributed by atoms with Gasteiger partial charge in [-0.05, 0) is 18.1 Å². The van der Waals surface area contributed by atoms with Crippen molar-refractivity contribution >= 4 is 50.7 Å². The Labute approximate surface area is 145 Å². The van der Waals surface area contributed by atoms with Gasteiger partial charge >= 0.3 is 0 Å². The van der Waals surface area contributed by atoms with Gasteiger partial charge in [0.1, 0.15) is 0 Å². The SMILES string of the molecule is CN(Cc1cccc(Cl)c1Cl)C(=O)CSC1CCS(=O)(=O)C1. The predicted octanol–water partition coefficient (Wildman–Crippen LogP) is 2.87. The molecule has 0 aromatic heterocycles. The molecule has 1 amide bonds. The van der Waals surface area contributed by atoms with Crippen LogP contribution in [0.4, 0.5) is 0 Å². The Hall–Kier alpha value is -0.430. The van der Waals surface area contributed by atoms with Crippen molar-refractivity contribution in [1.29, 1.82) is 0 Å². The maximum Gasteiger partial charge on any atom is 0.232 e. The third-order valence-electron chi connectivity index (χ3n) is 3.50. The van der Waals surface area contributed by atoms with Crippen LogP contribution in [0.2, 0.25) is 10.0 Å². The lowest BCUT2D eigenvalue weighted by atomic mass is 10.2. The Morgan fingerprint density at radius 1 is 1.41 bits per heavy atom. The van der Waals surface area contributed by atoms with Crippen LogP contribution in [0.3, 0.4) is 0 Å². The second-order valence-corrected chi connectivity index (χ2v) is 9.60. The Bertz CT molecular complexity index is 664. The summed E-state index contributed by atoms with van der Waals surface area (Å²) in [6, 6.07) is 5.32. The van der Waals surface area contributed by atoms with Gasteiger partial charge in [-0.25, -0.2) is 8.42 Å². The summed E-state index contributed by atoms with van der Waals surface area (Å²) in [6.07, 6.45) is 0.629. The number of rotatable bonds is 5. The fourth-order valence-corrected chi connectivity index (χ4v) is 6.17. The Kier molecular flexibility index (Phi) is 6.05. The van der Waals surface area contributed by atoms with Gasteiger partial charge in [-0.2, -0.15) is 0 Å².